The van der Waals surface area contributed by atoms with Crippen molar-refractivity contribution in [2.75, 3.05) is 0 Å². The van der Waals surface area contributed by atoms with Crippen molar-refractivity contribution in [3.8, 4) is 0 Å². The molecule has 0 saturated heterocycles. The molecule has 0 bridgehead atoms. The van der Waals surface area contributed by atoms with Crippen LogP contribution in [-0.2, 0) is 17.6 Å². The molecule has 0 unspecified atom stereocenters. The van der Waals surface area contributed by atoms with Crippen LogP contribution in [0.3, 0.4) is 0 Å². The standard InChI is InChI=1S/C17H20N2O/c1-13-5-3-11-18-16(13)9-7-15(20)8-10-17-14(2)6-4-12-19-17/h3-6,11-12H,7-10H2,1-2H3. The lowest BCUT2D eigenvalue weighted by molar-refractivity contribution is -0.119. The van der Waals surface area contributed by atoms with Crippen LogP contribution in [0.15, 0.2) is 36.7 Å². The summed E-state index contributed by atoms with van der Waals surface area (Å²) in [6, 6.07) is 7.91. The molecule has 0 aliphatic rings. The van der Waals surface area contributed by atoms with E-state index in [-0.39, 0.29) is 5.78 Å². The zero-order valence-electron chi connectivity index (χ0n) is 12.1. The Balaban J connectivity index is 1.82. The number of hydrogen-bond acceptors (Lipinski definition) is 3. The van der Waals surface area contributed by atoms with Crippen LogP contribution in [0.1, 0.15) is 35.4 Å². The molecule has 20 heavy (non-hydrogen) atoms. The van der Waals surface area contributed by atoms with E-state index >= 15 is 0 Å². The predicted molar refractivity (Wildman–Crippen MR) is 79.6 cm³/mol. The molecule has 0 aliphatic heterocycles. The van der Waals surface area contributed by atoms with Crippen LogP contribution in [0.4, 0.5) is 0 Å². The monoisotopic (exact) mass is 268 g/mol. The second-order valence-corrected chi connectivity index (χ2v) is 5.07. The fourth-order valence-corrected chi connectivity index (χ4v) is 2.20. The average molecular weight is 268 g/mol. The summed E-state index contributed by atoms with van der Waals surface area (Å²) in [7, 11) is 0. The first kappa shape index (κ1) is 14.4. The Morgan fingerprint density at radius 1 is 0.900 bits per heavy atom. The van der Waals surface area contributed by atoms with Crippen molar-refractivity contribution in [2.45, 2.75) is 39.5 Å². The van der Waals surface area contributed by atoms with E-state index in [2.05, 4.69) is 9.97 Å². The Labute approximate surface area is 120 Å². The van der Waals surface area contributed by atoms with E-state index in [0.717, 1.165) is 35.4 Å². The fourth-order valence-electron chi connectivity index (χ4n) is 2.20. The maximum atomic E-state index is 12.0. The van der Waals surface area contributed by atoms with Gasteiger partial charge in [0.2, 0.25) is 0 Å². The minimum atomic E-state index is 0.278. The van der Waals surface area contributed by atoms with Crippen molar-refractivity contribution in [1.29, 1.82) is 0 Å². The number of pyridine rings is 2. The van der Waals surface area contributed by atoms with E-state index in [1.165, 1.54) is 0 Å². The molecule has 3 nitrogen and oxygen atoms in total. The first-order valence-electron chi connectivity index (χ1n) is 6.99. The minimum absolute atomic E-state index is 0.278. The lowest BCUT2D eigenvalue weighted by Gasteiger charge is -2.05. The topological polar surface area (TPSA) is 42.9 Å². The number of carbonyl (C=O) groups is 1. The highest BCUT2D eigenvalue weighted by atomic mass is 16.1. The first-order valence-corrected chi connectivity index (χ1v) is 6.99. The molecule has 0 saturated carbocycles. The maximum Gasteiger partial charge on any atom is 0.133 e. The summed E-state index contributed by atoms with van der Waals surface area (Å²) in [4.78, 5) is 20.6. The molecule has 2 aromatic rings. The second kappa shape index (κ2) is 6.94. The number of rotatable bonds is 6. The van der Waals surface area contributed by atoms with E-state index in [1.807, 2.05) is 38.1 Å². The van der Waals surface area contributed by atoms with Gasteiger partial charge >= 0.3 is 0 Å². The highest BCUT2D eigenvalue weighted by Crippen LogP contribution is 2.10. The fraction of sp³-hybridized carbons (Fsp3) is 0.353. The average Bonchev–Trinajstić information content (AvgIpc) is 2.45. The van der Waals surface area contributed by atoms with Gasteiger partial charge in [0.25, 0.3) is 0 Å². The van der Waals surface area contributed by atoms with E-state index in [9.17, 15) is 4.79 Å². The third-order valence-electron chi connectivity index (χ3n) is 3.52. The van der Waals surface area contributed by atoms with Crippen molar-refractivity contribution in [2.24, 2.45) is 0 Å². The Kier molecular flexibility index (Phi) is 4.99. The molecular formula is C17H20N2O. The van der Waals surface area contributed by atoms with Gasteiger partial charge in [-0.25, -0.2) is 0 Å². The molecule has 0 amide bonds. The first-order chi connectivity index (χ1) is 9.66. The number of aryl methyl sites for hydroxylation is 4. The SMILES string of the molecule is Cc1cccnc1CCC(=O)CCc1ncccc1C. The van der Waals surface area contributed by atoms with Crippen molar-refractivity contribution in [3.05, 3.63) is 59.2 Å². The van der Waals surface area contributed by atoms with Crippen LogP contribution in [0.25, 0.3) is 0 Å². The van der Waals surface area contributed by atoms with Gasteiger partial charge in [0.05, 0.1) is 0 Å². The highest BCUT2D eigenvalue weighted by molar-refractivity contribution is 5.78. The van der Waals surface area contributed by atoms with Gasteiger partial charge in [-0.15, -0.1) is 0 Å². The zero-order chi connectivity index (χ0) is 14.4. The van der Waals surface area contributed by atoms with Crippen LogP contribution < -0.4 is 0 Å². The lowest BCUT2D eigenvalue weighted by Crippen LogP contribution is -2.05. The van der Waals surface area contributed by atoms with Gasteiger partial charge in [-0.05, 0) is 49.9 Å². The van der Waals surface area contributed by atoms with Crippen molar-refractivity contribution >= 4 is 5.78 Å². The summed E-state index contributed by atoms with van der Waals surface area (Å²) in [6.45, 7) is 4.06. The number of ketones is 1. The molecule has 0 atom stereocenters. The third-order valence-corrected chi connectivity index (χ3v) is 3.52. The van der Waals surface area contributed by atoms with Gasteiger partial charge in [0, 0.05) is 36.6 Å². The summed E-state index contributed by atoms with van der Waals surface area (Å²) >= 11 is 0. The molecule has 0 spiro atoms. The number of aromatic nitrogens is 2. The quantitative estimate of drug-likeness (QED) is 0.807. The largest absolute Gasteiger partial charge is 0.300 e. The normalized spacial score (nSPS) is 10.5. The number of Topliss-reactive ketones (excluding diaryl/α,β-unsaturated/α-hetero) is 1. The molecule has 3 heteroatoms. The van der Waals surface area contributed by atoms with Crippen LogP contribution in [0, 0.1) is 13.8 Å². The Morgan fingerprint density at radius 3 is 1.75 bits per heavy atom. The maximum absolute atomic E-state index is 12.0. The van der Waals surface area contributed by atoms with Crippen LogP contribution >= 0.6 is 0 Å². The van der Waals surface area contributed by atoms with E-state index < -0.39 is 0 Å². The van der Waals surface area contributed by atoms with Gasteiger partial charge in [0.15, 0.2) is 0 Å². The highest BCUT2D eigenvalue weighted by Gasteiger charge is 2.07. The van der Waals surface area contributed by atoms with Gasteiger partial charge in [0.1, 0.15) is 5.78 Å². The van der Waals surface area contributed by atoms with Gasteiger partial charge < -0.3 is 0 Å². The Hall–Kier alpha value is -2.03. The van der Waals surface area contributed by atoms with Crippen molar-refractivity contribution in [3.63, 3.8) is 0 Å². The molecule has 0 radical (unpaired) electrons. The predicted octanol–water partition coefficient (Wildman–Crippen LogP) is 3.23. The molecule has 0 fully saturated rings. The Morgan fingerprint density at radius 2 is 1.35 bits per heavy atom. The minimum Gasteiger partial charge on any atom is -0.300 e. The van der Waals surface area contributed by atoms with Gasteiger partial charge in [-0.1, -0.05) is 12.1 Å². The second-order valence-electron chi connectivity index (χ2n) is 5.07. The van der Waals surface area contributed by atoms with E-state index in [0.29, 0.717) is 12.8 Å². The van der Waals surface area contributed by atoms with Crippen LogP contribution in [-0.4, -0.2) is 15.8 Å². The lowest BCUT2D eigenvalue weighted by atomic mass is 10.0. The third kappa shape index (κ3) is 3.98. The van der Waals surface area contributed by atoms with E-state index in [4.69, 9.17) is 0 Å². The molecule has 2 rings (SSSR count). The summed E-state index contributed by atoms with van der Waals surface area (Å²) in [5.41, 5.74) is 4.35. The smallest absolute Gasteiger partial charge is 0.133 e. The Bertz CT molecular complexity index is 542. The number of carbonyl (C=O) groups excluding carboxylic acids is 1. The molecule has 104 valence electrons. The van der Waals surface area contributed by atoms with Gasteiger partial charge in [-0.3, -0.25) is 14.8 Å². The number of hydrogen-bond donors (Lipinski definition) is 0. The zero-order valence-corrected chi connectivity index (χ0v) is 12.1. The molecule has 2 aromatic heterocycles. The van der Waals surface area contributed by atoms with Crippen LogP contribution in [0.2, 0.25) is 0 Å². The molecule has 2 heterocycles. The van der Waals surface area contributed by atoms with Crippen molar-refractivity contribution in [1.82, 2.24) is 9.97 Å². The molecule has 0 N–H and O–H groups in total. The summed E-state index contributed by atoms with van der Waals surface area (Å²) < 4.78 is 0. The molecular weight excluding hydrogens is 248 g/mol. The van der Waals surface area contributed by atoms with Crippen LogP contribution in [0.5, 0.6) is 0 Å². The molecule has 0 aliphatic carbocycles. The molecule has 0 aromatic carbocycles. The van der Waals surface area contributed by atoms with Crippen molar-refractivity contribution < 1.29 is 4.79 Å². The van der Waals surface area contributed by atoms with Gasteiger partial charge in [-0.2, -0.15) is 0 Å². The van der Waals surface area contributed by atoms with E-state index in [1.54, 1.807) is 12.4 Å². The summed E-state index contributed by atoms with van der Waals surface area (Å²) in [5, 5.41) is 0. The number of nitrogens with zero attached hydrogens (tertiary/aromatic N) is 2. The summed E-state index contributed by atoms with van der Waals surface area (Å²) in [5.74, 6) is 0.278. The summed E-state index contributed by atoms with van der Waals surface area (Å²) in [6.07, 6.45) is 6.14.